The standard InChI is InChI=1S/C19H20N2O4/c1-3-24-17-9-14-8-12(2)25-18(14)10-15(17)11-20-21-16-6-4-13(5-7-16)19(22)23/h4-7,9-12,21H,3,8H2,1-2H3,(H,22,23)/p-1/b20-11-/t12-/m0/s1. The van der Waals surface area contributed by atoms with Gasteiger partial charge in [0.25, 0.3) is 0 Å². The van der Waals surface area contributed by atoms with Crippen molar-refractivity contribution in [2.24, 2.45) is 5.10 Å². The molecule has 0 spiro atoms. The summed E-state index contributed by atoms with van der Waals surface area (Å²) in [6, 6.07) is 10.1. The number of carbonyl (C=O) groups excluding carboxylic acids is 1. The highest BCUT2D eigenvalue weighted by Crippen LogP contribution is 2.34. The highest BCUT2D eigenvalue weighted by atomic mass is 16.5. The normalized spacial score (nSPS) is 15.7. The molecular weight excluding hydrogens is 320 g/mol. The number of rotatable bonds is 6. The minimum atomic E-state index is -1.20. The molecule has 3 rings (SSSR count). The molecule has 0 amide bonds. The fourth-order valence-corrected chi connectivity index (χ4v) is 2.69. The zero-order valence-corrected chi connectivity index (χ0v) is 14.1. The van der Waals surface area contributed by atoms with E-state index in [2.05, 4.69) is 10.5 Å². The molecule has 1 atom stereocenters. The van der Waals surface area contributed by atoms with Gasteiger partial charge in [-0.1, -0.05) is 12.1 Å². The van der Waals surface area contributed by atoms with E-state index in [4.69, 9.17) is 9.47 Å². The first kappa shape index (κ1) is 16.8. The van der Waals surface area contributed by atoms with Crippen molar-refractivity contribution in [1.29, 1.82) is 0 Å². The van der Waals surface area contributed by atoms with Gasteiger partial charge in [0.05, 0.1) is 24.5 Å². The lowest BCUT2D eigenvalue weighted by molar-refractivity contribution is -0.255. The summed E-state index contributed by atoms with van der Waals surface area (Å²) in [6.07, 6.45) is 2.69. The second-order valence-corrected chi connectivity index (χ2v) is 5.80. The smallest absolute Gasteiger partial charge is 0.128 e. The number of hydrogen-bond acceptors (Lipinski definition) is 6. The molecule has 0 unspecified atom stereocenters. The van der Waals surface area contributed by atoms with Crippen molar-refractivity contribution < 1.29 is 19.4 Å². The molecule has 2 aromatic rings. The fourth-order valence-electron chi connectivity index (χ4n) is 2.69. The third-order valence-electron chi connectivity index (χ3n) is 3.85. The quantitative estimate of drug-likeness (QED) is 0.644. The maximum atomic E-state index is 10.7. The van der Waals surface area contributed by atoms with Gasteiger partial charge in [-0.3, -0.25) is 5.43 Å². The summed E-state index contributed by atoms with van der Waals surface area (Å²) in [6.45, 7) is 4.53. The maximum Gasteiger partial charge on any atom is 0.128 e. The summed E-state index contributed by atoms with van der Waals surface area (Å²) in [5, 5.41) is 14.9. The summed E-state index contributed by atoms with van der Waals surface area (Å²) in [4.78, 5) is 10.7. The molecule has 1 N–H and O–H groups in total. The van der Waals surface area contributed by atoms with Crippen LogP contribution in [0.3, 0.4) is 0 Å². The number of carboxylic acids is 1. The molecule has 0 fully saturated rings. The molecule has 1 aliphatic rings. The number of carbonyl (C=O) groups is 1. The molecule has 0 bridgehead atoms. The lowest BCUT2D eigenvalue weighted by Gasteiger charge is -2.10. The Bertz CT molecular complexity index is 800. The van der Waals surface area contributed by atoms with Crippen LogP contribution in [0.25, 0.3) is 0 Å². The number of nitrogens with one attached hydrogen (secondary N) is 1. The molecule has 6 heteroatoms. The molecule has 0 aliphatic carbocycles. The average molecular weight is 339 g/mol. The van der Waals surface area contributed by atoms with Crippen molar-refractivity contribution in [3.63, 3.8) is 0 Å². The van der Waals surface area contributed by atoms with E-state index in [1.165, 1.54) is 12.1 Å². The van der Waals surface area contributed by atoms with Crippen LogP contribution in [-0.2, 0) is 6.42 Å². The number of fused-ring (bicyclic) bond motifs is 1. The van der Waals surface area contributed by atoms with Crippen molar-refractivity contribution >= 4 is 17.9 Å². The van der Waals surface area contributed by atoms with Crippen molar-refractivity contribution in [2.45, 2.75) is 26.4 Å². The molecule has 0 radical (unpaired) electrons. The van der Waals surface area contributed by atoms with E-state index in [-0.39, 0.29) is 11.7 Å². The van der Waals surface area contributed by atoms with E-state index in [9.17, 15) is 9.90 Å². The lowest BCUT2D eigenvalue weighted by Crippen LogP contribution is -2.21. The predicted octanol–water partition coefficient (Wildman–Crippen LogP) is 2.22. The second kappa shape index (κ2) is 7.25. The Labute approximate surface area is 146 Å². The summed E-state index contributed by atoms with van der Waals surface area (Å²) in [5.41, 5.74) is 5.61. The minimum absolute atomic E-state index is 0.123. The molecular formula is C19H19N2O4-. The Hall–Kier alpha value is -3.02. The Morgan fingerprint density at radius 1 is 1.40 bits per heavy atom. The zero-order valence-electron chi connectivity index (χ0n) is 14.1. The minimum Gasteiger partial charge on any atom is -0.545 e. The maximum absolute atomic E-state index is 10.7. The number of hydrazone groups is 1. The molecule has 6 nitrogen and oxygen atoms in total. The largest absolute Gasteiger partial charge is 0.545 e. The van der Waals surface area contributed by atoms with Crippen molar-refractivity contribution in [3.8, 4) is 11.5 Å². The number of anilines is 1. The molecule has 0 saturated carbocycles. The van der Waals surface area contributed by atoms with Crippen molar-refractivity contribution in [2.75, 3.05) is 12.0 Å². The second-order valence-electron chi connectivity index (χ2n) is 5.80. The molecule has 25 heavy (non-hydrogen) atoms. The Kier molecular flexibility index (Phi) is 4.88. The van der Waals surface area contributed by atoms with Crippen LogP contribution >= 0.6 is 0 Å². The zero-order chi connectivity index (χ0) is 17.8. The molecule has 1 heterocycles. The van der Waals surface area contributed by atoms with Crippen LogP contribution in [0.2, 0.25) is 0 Å². The molecule has 1 aliphatic heterocycles. The monoisotopic (exact) mass is 339 g/mol. The topological polar surface area (TPSA) is 83.0 Å². The number of ether oxygens (including phenoxy) is 2. The van der Waals surface area contributed by atoms with Gasteiger partial charge in [0.1, 0.15) is 17.6 Å². The van der Waals surface area contributed by atoms with Crippen LogP contribution in [0.4, 0.5) is 5.69 Å². The lowest BCUT2D eigenvalue weighted by atomic mass is 10.1. The number of aromatic carboxylic acids is 1. The summed E-state index contributed by atoms with van der Waals surface area (Å²) in [5.74, 6) is 0.413. The number of hydrogen-bond donors (Lipinski definition) is 1. The number of carboxylic acid groups (broad SMARTS) is 1. The first-order chi connectivity index (χ1) is 12.1. The van der Waals surface area contributed by atoms with Gasteiger partial charge in [0.15, 0.2) is 0 Å². The third kappa shape index (κ3) is 3.91. The van der Waals surface area contributed by atoms with Gasteiger partial charge in [0.2, 0.25) is 0 Å². The molecule has 130 valence electrons. The van der Waals surface area contributed by atoms with Gasteiger partial charge in [0, 0.05) is 17.5 Å². The summed E-state index contributed by atoms with van der Waals surface area (Å²) in [7, 11) is 0. The first-order valence-electron chi connectivity index (χ1n) is 8.13. The van der Waals surface area contributed by atoms with E-state index < -0.39 is 5.97 Å². The van der Waals surface area contributed by atoms with Crippen LogP contribution in [0.15, 0.2) is 41.5 Å². The molecule has 2 aromatic carbocycles. The van der Waals surface area contributed by atoms with Crippen LogP contribution in [-0.4, -0.2) is 24.9 Å². The Morgan fingerprint density at radius 2 is 2.16 bits per heavy atom. The van der Waals surface area contributed by atoms with Crippen LogP contribution in [0, 0.1) is 0 Å². The SMILES string of the molecule is CCOc1cc2c(cc1/C=N\Nc1ccc(C(=O)[O-])cc1)O[C@@H](C)C2. The number of nitrogens with zero attached hydrogens (tertiary/aromatic N) is 1. The van der Waals surface area contributed by atoms with Gasteiger partial charge in [-0.15, -0.1) is 0 Å². The van der Waals surface area contributed by atoms with Gasteiger partial charge < -0.3 is 19.4 Å². The highest BCUT2D eigenvalue weighted by molar-refractivity contribution is 5.87. The third-order valence-corrected chi connectivity index (χ3v) is 3.85. The average Bonchev–Trinajstić information content (AvgIpc) is 2.94. The van der Waals surface area contributed by atoms with Crippen LogP contribution in [0.1, 0.15) is 35.3 Å². The Balaban J connectivity index is 1.76. The van der Waals surface area contributed by atoms with E-state index in [1.54, 1.807) is 18.3 Å². The van der Waals surface area contributed by atoms with Gasteiger partial charge in [-0.05, 0) is 43.7 Å². The van der Waals surface area contributed by atoms with Gasteiger partial charge in [-0.2, -0.15) is 5.10 Å². The number of benzene rings is 2. The highest BCUT2D eigenvalue weighted by Gasteiger charge is 2.21. The fraction of sp³-hybridized carbons (Fsp3) is 0.263. The molecule has 0 saturated heterocycles. The predicted molar refractivity (Wildman–Crippen MR) is 93.4 cm³/mol. The van der Waals surface area contributed by atoms with E-state index >= 15 is 0 Å². The Morgan fingerprint density at radius 3 is 2.84 bits per heavy atom. The van der Waals surface area contributed by atoms with Gasteiger partial charge >= 0.3 is 0 Å². The molecule has 0 aromatic heterocycles. The summed E-state index contributed by atoms with van der Waals surface area (Å²) >= 11 is 0. The van der Waals surface area contributed by atoms with E-state index in [0.717, 1.165) is 29.0 Å². The summed E-state index contributed by atoms with van der Waals surface area (Å²) < 4.78 is 11.5. The van der Waals surface area contributed by atoms with Crippen LogP contribution in [0.5, 0.6) is 11.5 Å². The van der Waals surface area contributed by atoms with E-state index in [1.807, 2.05) is 26.0 Å². The van der Waals surface area contributed by atoms with Crippen LogP contribution < -0.4 is 20.0 Å². The van der Waals surface area contributed by atoms with E-state index in [0.29, 0.717) is 12.3 Å². The first-order valence-corrected chi connectivity index (χ1v) is 8.13. The van der Waals surface area contributed by atoms with Crippen molar-refractivity contribution in [1.82, 2.24) is 0 Å². The van der Waals surface area contributed by atoms with Crippen molar-refractivity contribution in [3.05, 3.63) is 53.1 Å². The van der Waals surface area contributed by atoms with Gasteiger partial charge in [-0.25, -0.2) is 0 Å².